The van der Waals surface area contributed by atoms with Crippen LogP contribution in [0.4, 0.5) is 4.79 Å². The lowest BCUT2D eigenvalue weighted by Crippen LogP contribution is -2.34. The molecule has 5 nitrogen and oxygen atoms in total. The fraction of sp³-hybridized carbons (Fsp3) is 0.909. The number of carbonyl (C=O) groups is 1. The molecule has 0 heterocycles. The summed E-state index contributed by atoms with van der Waals surface area (Å²) in [5, 5.41) is 5.89. The maximum Gasteiger partial charge on any atom is 0.407 e. The van der Waals surface area contributed by atoms with Gasteiger partial charge >= 0.3 is 6.09 Å². The van der Waals surface area contributed by atoms with Crippen molar-refractivity contribution in [1.82, 2.24) is 10.6 Å². The Kier molecular flexibility index (Phi) is 7.93. The molecule has 1 amide bonds. The Morgan fingerprint density at radius 2 is 1.88 bits per heavy atom. The normalized spacial score (nSPS) is 11.2. The number of hydrogen-bond donors (Lipinski definition) is 2. The first kappa shape index (κ1) is 15.2. The number of amides is 1. The molecule has 16 heavy (non-hydrogen) atoms. The minimum absolute atomic E-state index is 0.357. The Labute approximate surface area is 97.9 Å². The van der Waals surface area contributed by atoms with Crippen molar-refractivity contribution in [3.63, 3.8) is 0 Å². The lowest BCUT2D eigenvalue weighted by molar-refractivity contribution is 0.0527. The first-order valence-electron chi connectivity index (χ1n) is 5.62. The zero-order chi connectivity index (χ0) is 12.4. The van der Waals surface area contributed by atoms with Gasteiger partial charge in [0.2, 0.25) is 0 Å². The molecule has 2 N–H and O–H groups in total. The molecule has 0 saturated heterocycles. The average molecular weight is 232 g/mol. The minimum atomic E-state index is -0.430. The number of alkyl carbamates (subject to hydrolysis) is 1. The molecule has 0 radical (unpaired) electrons. The predicted octanol–water partition coefficient (Wildman–Crippen LogP) is 1.14. The van der Waals surface area contributed by atoms with Crippen LogP contribution in [0.2, 0.25) is 0 Å². The fourth-order valence-corrected chi connectivity index (χ4v) is 1.02. The molecule has 0 fully saturated rings. The molecule has 0 spiro atoms. The van der Waals surface area contributed by atoms with Gasteiger partial charge in [-0.1, -0.05) is 0 Å². The molecule has 0 aromatic rings. The van der Waals surface area contributed by atoms with Gasteiger partial charge in [0.1, 0.15) is 5.60 Å². The number of carbonyl (C=O) groups excluding carboxylic acids is 1. The van der Waals surface area contributed by atoms with Crippen molar-refractivity contribution in [3.8, 4) is 0 Å². The number of methoxy groups -OCH3 is 1. The highest BCUT2D eigenvalue weighted by molar-refractivity contribution is 5.67. The summed E-state index contributed by atoms with van der Waals surface area (Å²) < 4.78 is 9.98. The van der Waals surface area contributed by atoms with E-state index >= 15 is 0 Å². The molecular formula is C11H24N2O3. The van der Waals surface area contributed by atoms with E-state index in [9.17, 15) is 4.79 Å². The molecule has 96 valence electrons. The molecule has 0 saturated carbocycles. The van der Waals surface area contributed by atoms with Gasteiger partial charge in [-0.2, -0.15) is 0 Å². The number of nitrogens with one attached hydrogen (secondary N) is 2. The first-order chi connectivity index (χ1) is 7.45. The third kappa shape index (κ3) is 11.3. The monoisotopic (exact) mass is 232 g/mol. The van der Waals surface area contributed by atoms with Crippen molar-refractivity contribution in [1.29, 1.82) is 0 Å². The van der Waals surface area contributed by atoms with Gasteiger partial charge in [-0.3, -0.25) is 0 Å². The summed E-state index contributed by atoms with van der Waals surface area (Å²) in [6, 6.07) is 0. The van der Waals surface area contributed by atoms with Crippen molar-refractivity contribution < 1.29 is 14.3 Å². The molecule has 0 aromatic heterocycles. The number of hydrogen-bond acceptors (Lipinski definition) is 4. The highest BCUT2D eigenvalue weighted by Crippen LogP contribution is 2.06. The summed E-state index contributed by atoms with van der Waals surface area (Å²) in [6.45, 7) is 8.56. The maximum atomic E-state index is 11.2. The molecule has 0 unspecified atom stereocenters. The summed E-state index contributed by atoms with van der Waals surface area (Å²) in [5.41, 5.74) is -0.430. The van der Waals surface area contributed by atoms with Gasteiger partial charge in [-0.05, 0) is 33.7 Å². The van der Waals surface area contributed by atoms with Crippen molar-refractivity contribution in [2.45, 2.75) is 32.8 Å². The second kappa shape index (κ2) is 8.35. The van der Waals surface area contributed by atoms with Crippen LogP contribution >= 0.6 is 0 Å². The largest absolute Gasteiger partial charge is 0.444 e. The van der Waals surface area contributed by atoms with Gasteiger partial charge < -0.3 is 20.1 Å². The van der Waals surface area contributed by atoms with Crippen molar-refractivity contribution in [2.75, 3.05) is 33.4 Å². The van der Waals surface area contributed by atoms with Crippen LogP contribution in [-0.4, -0.2) is 45.0 Å². The molecule has 0 aliphatic heterocycles. The fourth-order valence-electron chi connectivity index (χ4n) is 1.02. The highest BCUT2D eigenvalue weighted by atomic mass is 16.6. The lowest BCUT2D eigenvalue weighted by Gasteiger charge is -2.19. The Morgan fingerprint density at radius 3 is 2.44 bits per heavy atom. The van der Waals surface area contributed by atoms with Crippen molar-refractivity contribution in [2.24, 2.45) is 0 Å². The molecule has 0 bridgehead atoms. The van der Waals surface area contributed by atoms with E-state index in [-0.39, 0.29) is 6.09 Å². The van der Waals surface area contributed by atoms with Crippen LogP contribution in [0.3, 0.4) is 0 Å². The topological polar surface area (TPSA) is 59.6 Å². The number of ether oxygens (including phenoxy) is 2. The molecule has 5 heteroatoms. The summed E-state index contributed by atoms with van der Waals surface area (Å²) >= 11 is 0. The van der Waals surface area contributed by atoms with Crippen LogP contribution in [-0.2, 0) is 9.47 Å². The molecule has 0 aliphatic rings. The zero-order valence-corrected chi connectivity index (χ0v) is 10.8. The van der Waals surface area contributed by atoms with Crippen LogP contribution in [0, 0.1) is 0 Å². The van der Waals surface area contributed by atoms with E-state index in [1.807, 2.05) is 20.8 Å². The zero-order valence-electron chi connectivity index (χ0n) is 10.8. The SMILES string of the molecule is COCCNCCCNC(=O)OC(C)(C)C. The third-order valence-electron chi connectivity index (χ3n) is 1.68. The van der Waals surface area contributed by atoms with E-state index in [1.165, 1.54) is 0 Å². The van der Waals surface area contributed by atoms with Gasteiger partial charge in [-0.25, -0.2) is 4.79 Å². The molecular weight excluding hydrogens is 208 g/mol. The van der Waals surface area contributed by atoms with Crippen LogP contribution in [0.15, 0.2) is 0 Å². The van der Waals surface area contributed by atoms with E-state index < -0.39 is 5.60 Å². The van der Waals surface area contributed by atoms with Crippen molar-refractivity contribution in [3.05, 3.63) is 0 Å². The Bertz CT molecular complexity index is 190. The number of rotatable bonds is 7. The standard InChI is InChI=1S/C11H24N2O3/c1-11(2,3)16-10(14)13-7-5-6-12-8-9-15-4/h12H,5-9H2,1-4H3,(H,13,14). The Hall–Kier alpha value is -0.810. The van der Waals surface area contributed by atoms with Crippen LogP contribution in [0.25, 0.3) is 0 Å². The Morgan fingerprint density at radius 1 is 1.19 bits per heavy atom. The smallest absolute Gasteiger partial charge is 0.407 e. The lowest BCUT2D eigenvalue weighted by atomic mass is 10.2. The van der Waals surface area contributed by atoms with E-state index in [0.29, 0.717) is 13.2 Å². The summed E-state index contributed by atoms with van der Waals surface area (Å²) in [7, 11) is 1.67. The summed E-state index contributed by atoms with van der Waals surface area (Å²) in [6.07, 6.45) is 0.521. The Balaban J connectivity index is 3.28. The molecule has 0 aromatic carbocycles. The summed E-state index contributed by atoms with van der Waals surface area (Å²) in [4.78, 5) is 11.2. The van der Waals surface area contributed by atoms with E-state index in [1.54, 1.807) is 7.11 Å². The van der Waals surface area contributed by atoms with Crippen LogP contribution < -0.4 is 10.6 Å². The average Bonchev–Trinajstić information content (AvgIpc) is 2.13. The second-order valence-corrected chi connectivity index (χ2v) is 4.53. The van der Waals surface area contributed by atoms with Crippen LogP contribution in [0.1, 0.15) is 27.2 Å². The quantitative estimate of drug-likeness (QED) is 0.646. The van der Waals surface area contributed by atoms with Crippen LogP contribution in [0.5, 0.6) is 0 Å². The van der Waals surface area contributed by atoms with Gasteiger partial charge in [0.15, 0.2) is 0 Å². The molecule has 0 rings (SSSR count). The van der Waals surface area contributed by atoms with E-state index in [4.69, 9.17) is 9.47 Å². The summed E-state index contributed by atoms with van der Waals surface area (Å²) in [5.74, 6) is 0. The van der Waals surface area contributed by atoms with Gasteiger partial charge in [0.05, 0.1) is 6.61 Å². The van der Waals surface area contributed by atoms with E-state index in [2.05, 4.69) is 10.6 Å². The van der Waals surface area contributed by atoms with Gasteiger partial charge in [-0.15, -0.1) is 0 Å². The third-order valence-corrected chi connectivity index (χ3v) is 1.68. The second-order valence-electron chi connectivity index (χ2n) is 4.53. The maximum absolute atomic E-state index is 11.2. The minimum Gasteiger partial charge on any atom is -0.444 e. The predicted molar refractivity (Wildman–Crippen MR) is 63.6 cm³/mol. The highest BCUT2D eigenvalue weighted by Gasteiger charge is 2.15. The van der Waals surface area contributed by atoms with Gasteiger partial charge in [0.25, 0.3) is 0 Å². The first-order valence-corrected chi connectivity index (χ1v) is 5.62. The molecule has 0 aliphatic carbocycles. The molecule has 0 atom stereocenters. The van der Waals surface area contributed by atoms with Gasteiger partial charge in [0, 0.05) is 20.2 Å². The van der Waals surface area contributed by atoms with E-state index in [0.717, 1.165) is 19.5 Å². The van der Waals surface area contributed by atoms with Crippen molar-refractivity contribution >= 4 is 6.09 Å².